The summed E-state index contributed by atoms with van der Waals surface area (Å²) in [6, 6.07) is 3.32. The molecule has 0 aliphatic carbocycles. The number of nitrogens with zero attached hydrogens (tertiary/aromatic N) is 1. The van der Waals surface area contributed by atoms with Crippen molar-refractivity contribution in [3.05, 3.63) is 17.7 Å². The van der Waals surface area contributed by atoms with Gasteiger partial charge in [0.05, 0.1) is 35.9 Å². The largest absolute Gasteiger partial charge is 0.497 e. The van der Waals surface area contributed by atoms with Gasteiger partial charge < -0.3 is 28.7 Å². The molecule has 2 N–H and O–H groups in total. The van der Waals surface area contributed by atoms with Crippen molar-refractivity contribution in [3.8, 4) is 0 Å². The van der Waals surface area contributed by atoms with E-state index in [4.69, 9.17) is 18.5 Å². The third-order valence-electron chi connectivity index (χ3n) is 6.75. The molecule has 2 aliphatic heterocycles. The van der Waals surface area contributed by atoms with E-state index in [0.29, 0.717) is 59.9 Å². The number of carbonyl (C=O) groups excluding carboxylic acids is 1. The maximum atomic E-state index is 12.9. The van der Waals surface area contributed by atoms with Gasteiger partial charge in [-0.25, -0.2) is 8.42 Å². The first-order valence-electron chi connectivity index (χ1n) is 11.4. The van der Waals surface area contributed by atoms with Crippen molar-refractivity contribution >= 4 is 51.1 Å². The molecule has 0 spiro atoms. The van der Waals surface area contributed by atoms with Crippen molar-refractivity contribution in [2.75, 3.05) is 48.7 Å². The van der Waals surface area contributed by atoms with Crippen molar-refractivity contribution in [1.82, 2.24) is 5.32 Å². The highest BCUT2D eigenvalue weighted by Gasteiger charge is 2.52. The van der Waals surface area contributed by atoms with Gasteiger partial charge in [-0.3, -0.25) is 9.52 Å². The fourth-order valence-electron chi connectivity index (χ4n) is 3.97. The van der Waals surface area contributed by atoms with Gasteiger partial charge in [-0.15, -0.1) is 0 Å². The van der Waals surface area contributed by atoms with Gasteiger partial charge in [-0.1, -0.05) is 0 Å². The van der Waals surface area contributed by atoms with Crippen LogP contribution in [0, 0.1) is 0 Å². The van der Waals surface area contributed by atoms with Gasteiger partial charge in [0.2, 0.25) is 15.9 Å². The molecule has 2 aliphatic rings. The molecule has 0 atom stereocenters. The van der Waals surface area contributed by atoms with E-state index in [1.54, 1.807) is 26.1 Å². The van der Waals surface area contributed by atoms with Crippen LogP contribution in [0.5, 0.6) is 0 Å². The molecule has 12 heteroatoms. The first-order chi connectivity index (χ1) is 15.9. The fraction of sp³-hybridized carbons (Fsp3) is 0.591. The number of anilines is 2. The maximum Gasteiger partial charge on any atom is 0.497 e. The summed E-state index contributed by atoms with van der Waals surface area (Å²) in [6.45, 7) is 11.4. The quantitative estimate of drug-likeness (QED) is 0.584. The molecule has 10 nitrogen and oxygen atoms in total. The van der Waals surface area contributed by atoms with Crippen LogP contribution in [0.15, 0.2) is 16.5 Å². The minimum atomic E-state index is -3.60. The minimum Gasteiger partial charge on any atom is -0.440 e. The lowest BCUT2D eigenvalue weighted by Crippen LogP contribution is -2.41. The summed E-state index contributed by atoms with van der Waals surface area (Å²) in [7, 11) is -2.89. The van der Waals surface area contributed by atoms with Gasteiger partial charge in [0.1, 0.15) is 11.1 Å². The first-order valence-corrected chi connectivity index (χ1v) is 13.1. The Labute approximate surface area is 200 Å². The number of carbonyl (C=O) groups is 1. The van der Waals surface area contributed by atoms with Gasteiger partial charge in [-0.05, 0) is 40.7 Å². The van der Waals surface area contributed by atoms with Gasteiger partial charge in [0.15, 0.2) is 0 Å². The van der Waals surface area contributed by atoms with Crippen LogP contribution in [0.2, 0.25) is 0 Å². The second kappa shape index (κ2) is 8.74. The third kappa shape index (κ3) is 4.39. The van der Waals surface area contributed by atoms with Gasteiger partial charge in [-0.2, -0.15) is 0 Å². The normalized spacial score (nSPS) is 20.1. The van der Waals surface area contributed by atoms with E-state index in [9.17, 15) is 13.2 Å². The molecule has 2 fully saturated rings. The molecule has 4 rings (SSSR count). The van der Waals surface area contributed by atoms with Crippen LogP contribution in [-0.2, 0) is 24.1 Å². The van der Waals surface area contributed by atoms with Crippen LogP contribution in [-0.4, -0.2) is 71.7 Å². The molecule has 2 aromatic rings. The number of sulfonamides is 1. The Hall–Kier alpha value is -2.28. The van der Waals surface area contributed by atoms with E-state index < -0.39 is 28.3 Å². The van der Waals surface area contributed by atoms with E-state index in [0.717, 1.165) is 0 Å². The average Bonchev–Trinajstić information content (AvgIpc) is 3.25. The highest BCUT2D eigenvalue weighted by atomic mass is 32.2. The summed E-state index contributed by atoms with van der Waals surface area (Å²) < 4.78 is 51.6. The summed E-state index contributed by atoms with van der Waals surface area (Å²) in [5, 5.41) is 3.23. The number of nitrogens with one attached hydrogen (secondary N) is 2. The summed E-state index contributed by atoms with van der Waals surface area (Å²) in [5.41, 5.74) is 0.261. The van der Waals surface area contributed by atoms with Gasteiger partial charge >= 0.3 is 7.12 Å². The summed E-state index contributed by atoms with van der Waals surface area (Å²) in [6.07, 6.45) is 0. The number of rotatable bonds is 6. The van der Waals surface area contributed by atoms with Crippen molar-refractivity contribution in [2.45, 2.75) is 45.8 Å². The predicted octanol–water partition coefficient (Wildman–Crippen LogP) is 1.69. The standard InChI is InChI=1S/C22H32BN3O7S/c1-7-34(28,29)25-16-13-17-14(12-15(16)23-32-21(2,3)22(4,5)33-23)18(19(27)24-6)20(31-17)26-8-10-30-11-9-26/h12-13,25H,7-11H2,1-6H3,(H,24,27). The number of benzene rings is 1. The van der Waals surface area contributed by atoms with Crippen molar-refractivity contribution < 1.29 is 31.7 Å². The maximum absolute atomic E-state index is 12.9. The number of furan rings is 1. The first kappa shape index (κ1) is 24.8. The molecule has 34 heavy (non-hydrogen) atoms. The average molecular weight is 493 g/mol. The Kier molecular flexibility index (Phi) is 6.39. The number of hydrogen-bond donors (Lipinski definition) is 2. The number of fused-ring (bicyclic) bond motifs is 1. The van der Waals surface area contributed by atoms with Crippen LogP contribution in [0.25, 0.3) is 11.0 Å². The van der Waals surface area contributed by atoms with Crippen LogP contribution in [0.4, 0.5) is 11.6 Å². The topological polar surface area (TPSA) is 119 Å². The highest BCUT2D eigenvalue weighted by molar-refractivity contribution is 7.92. The van der Waals surface area contributed by atoms with Crippen LogP contribution in [0.3, 0.4) is 0 Å². The number of morpholine rings is 1. The Morgan fingerprint density at radius 1 is 1.12 bits per heavy atom. The second-order valence-electron chi connectivity index (χ2n) is 9.49. The molecule has 1 aromatic heterocycles. The summed E-state index contributed by atoms with van der Waals surface area (Å²) in [5.74, 6) is 0.0177. The smallest absolute Gasteiger partial charge is 0.440 e. The summed E-state index contributed by atoms with van der Waals surface area (Å²) in [4.78, 5) is 14.9. The zero-order valence-corrected chi connectivity index (χ0v) is 21.3. The molecule has 1 amide bonds. The minimum absolute atomic E-state index is 0.103. The van der Waals surface area contributed by atoms with E-state index in [1.165, 1.54) is 0 Å². The van der Waals surface area contributed by atoms with Gasteiger partial charge in [0.25, 0.3) is 5.91 Å². The zero-order valence-electron chi connectivity index (χ0n) is 20.5. The SMILES string of the molecule is CCS(=O)(=O)Nc1cc2oc(N3CCOCC3)c(C(=O)NC)c2cc1B1OC(C)(C)C(C)(C)O1. The predicted molar refractivity (Wildman–Crippen MR) is 131 cm³/mol. The Morgan fingerprint density at radius 3 is 2.29 bits per heavy atom. The summed E-state index contributed by atoms with van der Waals surface area (Å²) >= 11 is 0. The van der Waals surface area contributed by atoms with E-state index in [-0.39, 0.29) is 11.7 Å². The molecule has 0 saturated carbocycles. The Morgan fingerprint density at radius 2 is 1.74 bits per heavy atom. The molecule has 0 unspecified atom stereocenters. The number of hydrogen-bond acceptors (Lipinski definition) is 8. The molecule has 0 radical (unpaired) electrons. The lowest BCUT2D eigenvalue weighted by atomic mass is 9.77. The Balaban J connectivity index is 1.92. The highest BCUT2D eigenvalue weighted by Crippen LogP contribution is 2.39. The lowest BCUT2D eigenvalue weighted by Gasteiger charge is -2.32. The fourth-order valence-corrected chi connectivity index (χ4v) is 4.63. The molecular formula is C22H32BN3O7S. The van der Waals surface area contributed by atoms with Crippen molar-refractivity contribution in [3.63, 3.8) is 0 Å². The van der Waals surface area contributed by atoms with E-state index in [1.807, 2.05) is 32.6 Å². The molecular weight excluding hydrogens is 461 g/mol. The number of amides is 1. The van der Waals surface area contributed by atoms with E-state index >= 15 is 0 Å². The van der Waals surface area contributed by atoms with Crippen LogP contribution >= 0.6 is 0 Å². The third-order valence-corrected chi connectivity index (χ3v) is 8.04. The molecule has 0 bridgehead atoms. The van der Waals surface area contributed by atoms with Crippen LogP contribution in [0.1, 0.15) is 45.0 Å². The second-order valence-corrected chi connectivity index (χ2v) is 11.5. The monoisotopic (exact) mass is 493 g/mol. The van der Waals surface area contributed by atoms with Crippen LogP contribution < -0.4 is 20.4 Å². The molecule has 1 aromatic carbocycles. The number of ether oxygens (including phenoxy) is 1. The lowest BCUT2D eigenvalue weighted by molar-refractivity contribution is 0.00578. The van der Waals surface area contributed by atoms with Crippen molar-refractivity contribution in [1.29, 1.82) is 0 Å². The van der Waals surface area contributed by atoms with Gasteiger partial charge in [0, 0.05) is 37.1 Å². The molecule has 3 heterocycles. The molecule has 186 valence electrons. The van der Waals surface area contributed by atoms with E-state index in [2.05, 4.69) is 10.0 Å². The zero-order chi connectivity index (χ0) is 24.9. The van der Waals surface area contributed by atoms with Crippen molar-refractivity contribution in [2.24, 2.45) is 0 Å². The molecule has 2 saturated heterocycles. The Bertz CT molecular complexity index is 1190.